The van der Waals surface area contributed by atoms with Crippen LogP contribution >= 0.6 is 15.9 Å². The molecule has 0 saturated heterocycles. The summed E-state index contributed by atoms with van der Waals surface area (Å²) in [5.74, 6) is 0.958. The van der Waals surface area contributed by atoms with E-state index in [2.05, 4.69) is 46.0 Å². The van der Waals surface area contributed by atoms with E-state index in [1.807, 2.05) is 19.2 Å². The predicted octanol–water partition coefficient (Wildman–Crippen LogP) is 3.66. The minimum Gasteiger partial charge on any atom is -0.493 e. The number of benzene rings is 1. The summed E-state index contributed by atoms with van der Waals surface area (Å²) in [4.78, 5) is 4.12. The Labute approximate surface area is 134 Å². The van der Waals surface area contributed by atoms with Crippen molar-refractivity contribution in [2.45, 2.75) is 32.7 Å². The van der Waals surface area contributed by atoms with E-state index in [1.165, 1.54) is 5.56 Å². The van der Waals surface area contributed by atoms with Gasteiger partial charge in [-0.05, 0) is 55.2 Å². The lowest BCUT2D eigenvalue weighted by molar-refractivity contribution is 0.315. The first-order valence-electron chi connectivity index (χ1n) is 7.12. The average Bonchev–Trinajstić information content (AvgIpc) is 2.42. The third kappa shape index (κ3) is 4.83. The van der Waals surface area contributed by atoms with Crippen molar-refractivity contribution in [3.05, 3.63) is 57.8 Å². The number of halogens is 1. The van der Waals surface area contributed by atoms with Crippen LogP contribution in [-0.2, 0) is 12.8 Å². The third-order valence-corrected chi connectivity index (χ3v) is 3.68. The first-order valence-corrected chi connectivity index (χ1v) is 7.92. The highest BCUT2D eigenvalue weighted by molar-refractivity contribution is 9.10. The standard InChI is InChI=1S/C17H21BrN2O/c1-12-8-16(18)10-15(9-13(2)19)17(12)21-7-5-14-4-3-6-20-11-14/h3-4,6,8,10-11,13H,5,7,9,19H2,1-2H3. The van der Waals surface area contributed by atoms with Gasteiger partial charge in [-0.15, -0.1) is 0 Å². The van der Waals surface area contributed by atoms with Crippen LogP contribution in [0.2, 0.25) is 0 Å². The number of hydrogen-bond acceptors (Lipinski definition) is 3. The van der Waals surface area contributed by atoms with Crippen LogP contribution in [0.1, 0.15) is 23.6 Å². The molecule has 2 rings (SSSR count). The normalized spacial score (nSPS) is 12.2. The lowest BCUT2D eigenvalue weighted by Crippen LogP contribution is -2.19. The molecule has 0 spiro atoms. The summed E-state index contributed by atoms with van der Waals surface area (Å²) in [5.41, 5.74) is 9.40. The molecule has 0 aliphatic rings. The topological polar surface area (TPSA) is 48.1 Å². The second-order valence-electron chi connectivity index (χ2n) is 5.35. The second-order valence-corrected chi connectivity index (χ2v) is 6.27. The zero-order valence-electron chi connectivity index (χ0n) is 12.5. The fourth-order valence-electron chi connectivity index (χ4n) is 2.32. The van der Waals surface area contributed by atoms with Crippen LogP contribution < -0.4 is 10.5 Å². The average molecular weight is 349 g/mol. The largest absolute Gasteiger partial charge is 0.493 e. The molecule has 21 heavy (non-hydrogen) atoms. The van der Waals surface area contributed by atoms with Gasteiger partial charge in [-0.25, -0.2) is 0 Å². The molecule has 0 bridgehead atoms. The van der Waals surface area contributed by atoms with Crippen LogP contribution in [0, 0.1) is 6.92 Å². The SMILES string of the molecule is Cc1cc(Br)cc(CC(C)N)c1OCCc1cccnc1. The smallest absolute Gasteiger partial charge is 0.125 e. The summed E-state index contributed by atoms with van der Waals surface area (Å²) in [6.45, 7) is 4.71. The van der Waals surface area contributed by atoms with E-state index < -0.39 is 0 Å². The Morgan fingerprint density at radius 3 is 2.86 bits per heavy atom. The van der Waals surface area contributed by atoms with Crippen LogP contribution in [-0.4, -0.2) is 17.6 Å². The Morgan fingerprint density at radius 2 is 2.19 bits per heavy atom. The van der Waals surface area contributed by atoms with Gasteiger partial charge in [0.15, 0.2) is 0 Å². The van der Waals surface area contributed by atoms with Gasteiger partial charge in [-0.1, -0.05) is 22.0 Å². The summed E-state index contributed by atoms with van der Waals surface area (Å²) in [5, 5.41) is 0. The summed E-state index contributed by atoms with van der Waals surface area (Å²) in [7, 11) is 0. The van der Waals surface area contributed by atoms with Crippen molar-refractivity contribution in [3.8, 4) is 5.75 Å². The van der Waals surface area contributed by atoms with E-state index in [9.17, 15) is 0 Å². The fourth-order valence-corrected chi connectivity index (χ4v) is 2.94. The monoisotopic (exact) mass is 348 g/mol. The molecule has 4 heteroatoms. The summed E-state index contributed by atoms with van der Waals surface area (Å²) < 4.78 is 7.09. The first-order chi connectivity index (χ1) is 10.1. The van der Waals surface area contributed by atoms with Crippen molar-refractivity contribution < 1.29 is 4.74 Å². The molecule has 1 unspecified atom stereocenters. The van der Waals surface area contributed by atoms with E-state index in [-0.39, 0.29) is 6.04 Å². The molecule has 0 saturated carbocycles. The van der Waals surface area contributed by atoms with Crippen LogP contribution in [0.3, 0.4) is 0 Å². The molecule has 1 aromatic heterocycles. The summed E-state index contributed by atoms with van der Waals surface area (Å²) in [6, 6.07) is 8.29. The van der Waals surface area contributed by atoms with Crippen molar-refractivity contribution in [3.63, 3.8) is 0 Å². The van der Waals surface area contributed by atoms with Crippen molar-refractivity contribution in [2.75, 3.05) is 6.61 Å². The maximum atomic E-state index is 6.02. The van der Waals surface area contributed by atoms with Crippen LogP contribution in [0.15, 0.2) is 41.1 Å². The van der Waals surface area contributed by atoms with E-state index >= 15 is 0 Å². The molecule has 2 aromatic rings. The molecule has 3 nitrogen and oxygen atoms in total. The lowest BCUT2D eigenvalue weighted by atomic mass is 10.0. The minimum absolute atomic E-state index is 0.111. The molecule has 112 valence electrons. The Bertz CT molecular complexity index is 585. The van der Waals surface area contributed by atoms with Crippen molar-refractivity contribution in [1.29, 1.82) is 0 Å². The van der Waals surface area contributed by atoms with E-state index in [1.54, 1.807) is 6.20 Å². The van der Waals surface area contributed by atoms with Gasteiger partial charge < -0.3 is 10.5 Å². The summed E-state index contributed by atoms with van der Waals surface area (Å²) >= 11 is 3.54. The Morgan fingerprint density at radius 1 is 1.38 bits per heavy atom. The van der Waals surface area contributed by atoms with Gasteiger partial charge in [-0.2, -0.15) is 0 Å². The number of hydrogen-bond donors (Lipinski definition) is 1. The predicted molar refractivity (Wildman–Crippen MR) is 89.7 cm³/mol. The molecule has 2 N–H and O–H groups in total. The molecule has 0 aliphatic heterocycles. The Hall–Kier alpha value is -1.39. The fraction of sp³-hybridized carbons (Fsp3) is 0.353. The van der Waals surface area contributed by atoms with Crippen molar-refractivity contribution in [1.82, 2.24) is 4.98 Å². The number of aryl methyl sites for hydroxylation is 1. The Kier molecular flexibility index (Phi) is 5.76. The van der Waals surface area contributed by atoms with Gasteiger partial charge in [0, 0.05) is 29.3 Å². The number of ether oxygens (including phenoxy) is 1. The highest BCUT2D eigenvalue weighted by Gasteiger charge is 2.11. The van der Waals surface area contributed by atoms with Crippen LogP contribution in [0.5, 0.6) is 5.75 Å². The van der Waals surface area contributed by atoms with Crippen LogP contribution in [0.25, 0.3) is 0 Å². The highest BCUT2D eigenvalue weighted by Crippen LogP contribution is 2.29. The van der Waals surface area contributed by atoms with Gasteiger partial charge in [0.05, 0.1) is 6.61 Å². The Balaban J connectivity index is 2.08. The molecule has 1 atom stereocenters. The van der Waals surface area contributed by atoms with Crippen molar-refractivity contribution >= 4 is 15.9 Å². The number of aromatic nitrogens is 1. The van der Waals surface area contributed by atoms with Gasteiger partial charge in [0.25, 0.3) is 0 Å². The third-order valence-electron chi connectivity index (χ3n) is 3.22. The maximum Gasteiger partial charge on any atom is 0.125 e. The number of nitrogens with zero attached hydrogens (tertiary/aromatic N) is 1. The van der Waals surface area contributed by atoms with Gasteiger partial charge in [0.1, 0.15) is 5.75 Å². The molecule has 0 amide bonds. The number of pyridine rings is 1. The minimum atomic E-state index is 0.111. The molecule has 1 heterocycles. The highest BCUT2D eigenvalue weighted by atomic mass is 79.9. The molecular weight excluding hydrogens is 328 g/mol. The first kappa shape index (κ1) is 16.0. The van der Waals surface area contributed by atoms with Gasteiger partial charge in [-0.3, -0.25) is 4.98 Å². The van der Waals surface area contributed by atoms with Gasteiger partial charge >= 0.3 is 0 Å². The zero-order valence-corrected chi connectivity index (χ0v) is 14.1. The second kappa shape index (κ2) is 7.57. The van der Waals surface area contributed by atoms with Gasteiger partial charge in [0.2, 0.25) is 0 Å². The summed E-state index contributed by atoms with van der Waals surface area (Å²) in [6.07, 6.45) is 5.31. The number of nitrogens with two attached hydrogens (primary N) is 1. The quantitative estimate of drug-likeness (QED) is 0.866. The molecule has 0 aliphatic carbocycles. The van der Waals surface area contributed by atoms with E-state index in [4.69, 9.17) is 10.5 Å². The number of rotatable bonds is 6. The molecule has 0 radical (unpaired) electrons. The molecular formula is C17H21BrN2O. The lowest BCUT2D eigenvalue weighted by Gasteiger charge is -2.16. The van der Waals surface area contributed by atoms with Crippen molar-refractivity contribution in [2.24, 2.45) is 5.73 Å². The van der Waals surface area contributed by atoms with E-state index in [0.29, 0.717) is 6.61 Å². The molecule has 1 aromatic carbocycles. The maximum absolute atomic E-state index is 6.02. The zero-order chi connectivity index (χ0) is 15.2. The molecule has 0 fully saturated rings. The van der Waals surface area contributed by atoms with E-state index in [0.717, 1.165) is 34.2 Å². The van der Waals surface area contributed by atoms with Crippen LogP contribution in [0.4, 0.5) is 0 Å².